The molecule has 4 rings (SSSR count). The Labute approximate surface area is 190 Å². The van der Waals surface area contributed by atoms with Crippen LogP contribution in [0.25, 0.3) is 22.2 Å². The molecule has 0 unspecified atom stereocenters. The first-order chi connectivity index (χ1) is 15.8. The quantitative estimate of drug-likeness (QED) is 0.337. The minimum absolute atomic E-state index is 0.0876. The van der Waals surface area contributed by atoms with E-state index in [0.717, 1.165) is 17.0 Å². The summed E-state index contributed by atoms with van der Waals surface area (Å²) >= 11 is 0. The Morgan fingerprint density at radius 1 is 1.18 bits per heavy atom. The van der Waals surface area contributed by atoms with Crippen molar-refractivity contribution in [1.82, 2.24) is 14.8 Å². The molecule has 33 heavy (non-hydrogen) atoms. The first-order valence-corrected chi connectivity index (χ1v) is 10.4. The van der Waals surface area contributed by atoms with Crippen molar-refractivity contribution < 1.29 is 14.5 Å². The second-order valence-electron chi connectivity index (χ2n) is 7.56. The van der Waals surface area contributed by atoms with Crippen molar-refractivity contribution in [3.8, 4) is 17.0 Å². The molecule has 0 spiro atoms. The highest BCUT2D eigenvalue weighted by molar-refractivity contribution is 6.13. The van der Waals surface area contributed by atoms with Crippen LogP contribution in [0.2, 0.25) is 0 Å². The molecule has 4 aromatic rings. The number of pyridine rings is 1. The Balaban J connectivity index is 1.81. The molecule has 0 atom stereocenters. The van der Waals surface area contributed by atoms with Crippen LogP contribution in [-0.2, 0) is 7.05 Å². The number of benzene rings is 2. The molecule has 2 aromatic heterocycles. The fourth-order valence-electron chi connectivity index (χ4n) is 3.85. The van der Waals surface area contributed by atoms with Gasteiger partial charge in [0.25, 0.3) is 11.6 Å². The topological polar surface area (TPSA) is 112 Å². The van der Waals surface area contributed by atoms with Gasteiger partial charge in [0.05, 0.1) is 40.1 Å². The lowest BCUT2D eigenvalue weighted by atomic mass is 10.0. The van der Waals surface area contributed by atoms with Gasteiger partial charge in [0, 0.05) is 23.7 Å². The molecule has 0 radical (unpaired) electrons. The van der Waals surface area contributed by atoms with Crippen LogP contribution in [0.1, 0.15) is 28.7 Å². The van der Waals surface area contributed by atoms with Crippen molar-refractivity contribution in [2.24, 2.45) is 7.05 Å². The van der Waals surface area contributed by atoms with Crippen molar-refractivity contribution in [2.45, 2.75) is 20.8 Å². The first-order valence-electron chi connectivity index (χ1n) is 10.4. The molecular weight excluding hydrogens is 422 g/mol. The molecule has 0 bridgehead atoms. The third-order valence-electron chi connectivity index (χ3n) is 5.45. The van der Waals surface area contributed by atoms with Gasteiger partial charge in [-0.1, -0.05) is 18.2 Å². The zero-order valence-electron chi connectivity index (χ0n) is 18.7. The summed E-state index contributed by atoms with van der Waals surface area (Å²) in [5.74, 6) is -0.109. The largest absolute Gasteiger partial charge is 0.494 e. The Morgan fingerprint density at radius 3 is 2.61 bits per heavy atom. The zero-order chi connectivity index (χ0) is 23.7. The monoisotopic (exact) mass is 445 g/mol. The zero-order valence-corrected chi connectivity index (χ0v) is 18.7. The Hall–Kier alpha value is -4.27. The average Bonchev–Trinajstić information content (AvgIpc) is 3.05. The molecular formula is C24H23N5O4. The number of fused-ring (bicyclic) bond motifs is 1. The summed E-state index contributed by atoms with van der Waals surface area (Å²) < 4.78 is 7.12. The summed E-state index contributed by atoms with van der Waals surface area (Å²) in [4.78, 5) is 29.2. The summed E-state index contributed by atoms with van der Waals surface area (Å²) in [5, 5.41) is 19.4. The van der Waals surface area contributed by atoms with Crippen LogP contribution in [0.5, 0.6) is 5.75 Å². The van der Waals surface area contributed by atoms with E-state index in [1.807, 2.05) is 39.1 Å². The lowest BCUT2D eigenvalue weighted by Crippen LogP contribution is -2.14. The second-order valence-corrected chi connectivity index (χ2v) is 7.56. The number of aryl methyl sites for hydroxylation is 2. The fourth-order valence-corrected chi connectivity index (χ4v) is 3.85. The number of carbonyl (C=O) groups is 1. The lowest BCUT2D eigenvalue weighted by molar-refractivity contribution is -0.384. The fraction of sp³-hybridized carbons (Fsp3) is 0.208. The van der Waals surface area contributed by atoms with E-state index in [0.29, 0.717) is 34.5 Å². The Bertz CT molecular complexity index is 1390. The van der Waals surface area contributed by atoms with Gasteiger partial charge < -0.3 is 10.1 Å². The van der Waals surface area contributed by atoms with Gasteiger partial charge in [0.1, 0.15) is 11.4 Å². The molecule has 9 nitrogen and oxygen atoms in total. The van der Waals surface area contributed by atoms with Crippen LogP contribution in [0.15, 0.2) is 48.5 Å². The number of ether oxygens (including phenoxy) is 1. The van der Waals surface area contributed by atoms with Crippen molar-refractivity contribution >= 4 is 28.2 Å². The number of nitrogens with one attached hydrogen (secondary N) is 1. The number of nitro benzene ring substituents is 1. The predicted molar refractivity (Wildman–Crippen MR) is 126 cm³/mol. The summed E-state index contributed by atoms with van der Waals surface area (Å²) in [7, 11) is 1.85. The van der Waals surface area contributed by atoms with Crippen molar-refractivity contribution in [1.29, 1.82) is 0 Å². The van der Waals surface area contributed by atoms with Gasteiger partial charge in [-0.25, -0.2) is 4.98 Å². The first kappa shape index (κ1) is 21.9. The SMILES string of the molecule is CCOc1ccc(NC(=O)c2cc(-c3c(C)nn(C)c3C)nc3ccccc23)c([N+](=O)[O-])c1. The van der Waals surface area contributed by atoms with Gasteiger partial charge >= 0.3 is 0 Å². The summed E-state index contributed by atoms with van der Waals surface area (Å²) in [5.41, 5.74) is 4.03. The molecule has 0 saturated heterocycles. The predicted octanol–water partition coefficient (Wildman–Crippen LogP) is 4.81. The van der Waals surface area contributed by atoms with Crippen LogP contribution in [0.3, 0.4) is 0 Å². The minimum atomic E-state index is -0.545. The number of nitro groups is 1. The number of anilines is 1. The van der Waals surface area contributed by atoms with E-state index in [4.69, 9.17) is 9.72 Å². The third-order valence-corrected chi connectivity index (χ3v) is 5.45. The maximum Gasteiger partial charge on any atom is 0.296 e. The maximum atomic E-state index is 13.4. The third kappa shape index (κ3) is 4.12. The van der Waals surface area contributed by atoms with E-state index >= 15 is 0 Å². The molecule has 1 N–H and O–H groups in total. The molecule has 9 heteroatoms. The number of hydrogen-bond acceptors (Lipinski definition) is 6. The van der Waals surface area contributed by atoms with Gasteiger partial charge in [0.2, 0.25) is 0 Å². The molecule has 0 fully saturated rings. The minimum Gasteiger partial charge on any atom is -0.494 e. The highest BCUT2D eigenvalue weighted by Gasteiger charge is 2.22. The molecule has 1 amide bonds. The van der Waals surface area contributed by atoms with Gasteiger partial charge in [-0.2, -0.15) is 5.10 Å². The summed E-state index contributed by atoms with van der Waals surface area (Å²) in [6, 6.07) is 13.4. The van der Waals surface area contributed by atoms with E-state index in [-0.39, 0.29) is 11.4 Å². The number of aromatic nitrogens is 3. The standard InChI is InChI=1S/C24H23N5O4/c1-5-33-16-10-11-20(22(12-16)29(31)32)26-24(30)18-13-21(23-14(2)27-28(4)15(23)3)25-19-9-7-6-8-17(18)19/h6-13H,5H2,1-4H3,(H,26,30). The van der Waals surface area contributed by atoms with Gasteiger partial charge in [0.15, 0.2) is 0 Å². The maximum absolute atomic E-state index is 13.4. The normalized spacial score (nSPS) is 10.9. The van der Waals surface area contributed by atoms with Crippen LogP contribution < -0.4 is 10.1 Å². The number of para-hydroxylation sites is 1. The number of carbonyl (C=O) groups excluding carboxylic acids is 1. The van der Waals surface area contributed by atoms with E-state index in [9.17, 15) is 14.9 Å². The van der Waals surface area contributed by atoms with Crippen molar-refractivity contribution in [2.75, 3.05) is 11.9 Å². The van der Waals surface area contributed by atoms with Crippen molar-refractivity contribution in [3.05, 3.63) is 75.6 Å². The van der Waals surface area contributed by atoms with Gasteiger partial charge in [-0.05, 0) is 45.0 Å². The molecule has 168 valence electrons. The second kappa shape index (κ2) is 8.70. The average molecular weight is 445 g/mol. The van der Waals surface area contributed by atoms with Crippen molar-refractivity contribution in [3.63, 3.8) is 0 Å². The number of nitrogens with zero attached hydrogens (tertiary/aromatic N) is 4. The Kier molecular flexibility index (Phi) is 5.78. The van der Waals surface area contributed by atoms with Crippen LogP contribution in [-0.4, -0.2) is 32.2 Å². The Morgan fingerprint density at radius 2 is 1.94 bits per heavy atom. The molecule has 0 aliphatic heterocycles. The summed E-state index contributed by atoms with van der Waals surface area (Å²) in [6.45, 7) is 6.00. The van der Waals surface area contributed by atoms with Gasteiger partial charge in [-0.3, -0.25) is 19.6 Å². The smallest absolute Gasteiger partial charge is 0.296 e. The highest BCUT2D eigenvalue weighted by atomic mass is 16.6. The number of amides is 1. The molecule has 2 heterocycles. The molecule has 0 saturated carbocycles. The number of rotatable bonds is 6. The molecule has 2 aromatic carbocycles. The van der Waals surface area contributed by atoms with Crippen LogP contribution in [0.4, 0.5) is 11.4 Å². The van der Waals surface area contributed by atoms with E-state index in [1.54, 1.807) is 29.8 Å². The highest BCUT2D eigenvalue weighted by Crippen LogP contribution is 2.32. The van der Waals surface area contributed by atoms with Crippen LogP contribution >= 0.6 is 0 Å². The summed E-state index contributed by atoms with van der Waals surface area (Å²) in [6.07, 6.45) is 0. The molecule has 0 aliphatic rings. The molecule has 0 aliphatic carbocycles. The lowest BCUT2D eigenvalue weighted by Gasteiger charge is -2.12. The van der Waals surface area contributed by atoms with Crippen LogP contribution in [0, 0.1) is 24.0 Å². The van der Waals surface area contributed by atoms with E-state index in [1.165, 1.54) is 12.1 Å². The van der Waals surface area contributed by atoms with Gasteiger partial charge in [-0.15, -0.1) is 0 Å². The number of hydrogen-bond donors (Lipinski definition) is 1. The van der Waals surface area contributed by atoms with E-state index < -0.39 is 10.8 Å². The van der Waals surface area contributed by atoms with E-state index in [2.05, 4.69) is 10.4 Å².